The zero-order valence-electron chi connectivity index (χ0n) is 15.9. The maximum absolute atomic E-state index is 12.5. The van der Waals surface area contributed by atoms with Crippen LogP contribution in [0.3, 0.4) is 0 Å². The molecule has 0 atom stereocenters. The fraction of sp³-hybridized carbons (Fsp3) is 0.208. The Hall–Kier alpha value is -2.78. The normalized spacial score (nSPS) is 10.7. The summed E-state index contributed by atoms with van der Waals surface area (Å²) in [4.78, 5) is 12.5. The number of carbonyl (C=O) groups excluding carboxylic acids is 1. The highest BCUT2D eigenvalue weighted by Gasteiger charge is 2.16. The average Bonchev–Trinajstić information content (AvgIpc) is 2.73. The second kappa shape index (κ2) is 9.95. The van der Waals surface area contributed by atoms with Gasteiger partial charge in [0, 0.05) is 11.4 Å². The number of rotatable bonds is 8. The molecule has 0 spiro atoms. The number of halogens is 1. The Bertz CT molecular complexity index is 857. The molecule has 0 aliphatic rings. The van der Waals surface area contributed by atoms with Crippen LogP contribution < -0.4 is 10.1 Å². The van der Waals surface area contributed by atoms with Crippen molar-refractivity contribution in [2.45, 2.75) is 25.8 Å². The Kier molecular flexibility index (Phi) is 7.10. The van der Waals surface area contributed by atoms with Gasteiger partial charge in [-0.15, -0.1) is 0 Å². The predicted octanol–water partition coefficient (Wildman–Crippen LogP) is 5.71. The van der Waals surface area contributed by atoms with E-state index in [1.54, 1.807) is 0 Å². The average molecular weight is 394 g/mol. The first-order chi connectivity index (χ1) is 13.6. The van der Waals surface area contributed by atoms with Crippen molar-refractivity contribution < 1.29 is 9.53 Å². The van der Waals surface area contributed by atoms with E-state index >= 15 is 0 Å². The van der Waals surface area contributed by atoms with Crippen LogP contribution >= 0.6 is 11.6 Å². The van der Waals surface area contributed by atoms with E-state index in [9.17, 15) is 4.79 Å². The summed E-state index contributed by atoms with van der Waals surface area (Å²) in [6.45, 7) is 2.42. The molecule has 0 radical (unpaired) electrons. The molecule has 0 saturated heterocycles. The summed E-state index contributed by atoms with van der Waals surface area (Å²) in [6, 6.07) is 25.4. The summed E-state index contributed by atoms with van der Waals surface area (Å²) in [5.74, 6) is 0.780. The van der Waals surface area contributed by atoms with Crippen molar-refractivity contribution in [2.75, 3.05) is 6.61 Å². The van der Waals surface area contributed by atoms with Crippen LogP contribution in [0.1, 0.15) is 35.6 Å². The molecule has 0 heterocycles. The van der Waals surface area contributed by atoms with E-state index in [1.165, 1.54) is 0 Å². The van der Waals surface area contributed by atoms with E-state index in [1.807, 2.05) is 85.8 Å². The molecule has 1 amide bonds. The first-order valence-electron chi connectivity index (χ1n) is 9.41. The summed E-state index contributed by atoms with van der Waals surface area (Å²) in [7, 11) is 0. The topological polar surface area (TPSA) is 38.3 Å². The van der Waals surface area contributed by atoms with Crippen LogP contribution in [0.15, 0.2) is 78.9 Å². The van der Waals surface area contributed by atoms with Gasteiger partial charge in [0.15, 0.2) is 0 Å². The first kappa shape index (κ1) is 20.0. The Morgan fingerprint density at radius 3 is 2.14 bits per heavy atom. The summed E-state index contributed by atoms with van der Waals surface area (Å²) in [5, 5.41) is 3.87. The third kappa shape index (κ3) is 5.61. The number of nitrogens with one attached hydrogen (secondary N) is 1. The molecule has 0 aliphatic carbocycles. The van der Waals surface area contributed by atoms with Crippen LogP contribution in [0.25, 0.3) is 0 Å². The number of hydrogen-bond acceptors (Lipinski definition) is 2. The second-order valence-corrected chi connectivity index (χ2v) is 7.09. The molecule has 0 aromatic heterocycles. The van der Waals surface area contributed by atoms with Gasteiger partial charge in [-0.25, -0.2) is 0 Å². The lowest BCUT2D eigenvalue weighted by Gasteiger charge is -2.20. The van der Waals surface area contributed by atoms with Gasteiger partial charge in [-0.3, -0.25) is 4.79 Å². The highest BCUT2D eigenvalue weighted by atomic mass is 35.5. The van der Waals surface area contributed by atoms with Crippen molar-refractivity contribution in [2.24, 2.45) is 0 Å². The Morgan fingerprint density at radius 1 is 0.964 bits per heavy atom. The molecule has 3 aromatic carbocycles. The highest BCUT2D eigenvalue weighted by molar-refractivity contribution is 6.31. The molecule has 1 N–H and O–H groups in total. The summed E-state index contributed by atoms with van der Waals surface area (Å²) < 4.78 is 5.73. The van der Waals surface area contributed by atoms with Crippen molar-refractivity contribution in [1.29, 1.82) is 0 Å². The van der Waals surface area contributed by atoms with Gasteiger partial charge in [0.05, 0.1) is 12.6 Å². The lowest BCUT2D eigenvalue weighted by atomic mass is 9.98. The summed E-state index contributed by atoms with van der Waals surface area (Å²) in [5.41, 5.74) is 3.11. The van der Waals surface area contributed by atoms with Crippen molar-refractivity contribution in [3.05, 3.63) is 101 Å². The van der Waals surface area contributed by atoms with Crippen LogP contribution in [0, 0.1) is 6.92 Å². The maximum Gasteiger partial charge on any atom is 0.220 e. The van der Waals surface area contributed by atoms with Crippen molar-refractivity contribution >= 4 is 17.5 Å². The third-order valence-corrected chi connectivity index (χ3v) is 4.94. The van der Waals surface area contributed by atoms with Gasteiger partial charge in [-0.2, -0.15) is 0 Å². The largest absolute Gasteiger partial charge is 0.494 e. The van der Waals surface area contributed by atoms with Crippen LogP contribution in [0.4, 0.5) is 0 Å². The number of hydrogen-bond donors (Lipinski definition) is 1. The molecule has 3 nitrogen and oxygen atoms in total. The zero-order valence-corrected chi connectivity index (χ0v) is 16.7. The zero-order chi connectivity index (χ0) is 19.8. The number of amides is 1. The van der Waals surface area contributed by atoms with E-state index in [-0.39, 0.29) is 11.9 Å². The summed E-state index contributed by atoms with van der Waals surface area (Å²) >= 11 is 6.02. The maximum atomic E-state index is 12.5. The fourth-order valence-corrected chi connectivity index (χ4v) is 3.13. The molecule has 0 unspecified atom stereocenters. The van der Waals surface area contributed by atoms with Gasteiger partial charge in [-0.05, 0) is 48.2 Å². The minimum Gasteiger partial charge on any atom is -0.494 e. The van der Waals surface area contributed by atoms with E-state index in [0.29, 0.717) is 19.4 Å². The first-order valence-corrected chi connectivity index (χ1v) is 9.79. The molecule has 144 valence electrons. The molecule has 0 aliphatic heterocycles. The minimum absolute atomic E-state index is 0.00796. The Labute approximate surface area is 171 Å². The fourth-order valence-electron chi connectivity index (χ4n) is 3.01. The van der Waals surface area contributed by atoms with E-state index in [2.05, 4.69) is 5.32 Å². The van der Waals surface area contributed by atoms with Crippen LogP contribution in [-0.2, 0) is 4.79 Å². The molecule has 3 aromatic rings. The highest BCUT2D eigenvalue weighted by Crippen LogP contribution is 2.23. The molecule has 0 bridgehead atoms. The van der Waals surface area contributed by atoms with Gasteiger partial charge in [0.25, 0.3) is 0 Å². The molecule has 0 saturated carbocycles. The second-order valence-electron chi connectivity index (χ2n) is 6.68. The van der Waals surface area contributed by atoms with Crippen LogP contribution in [-0.4, -0.2) is 12.5 Å². The molecule has 4 heteroatoms. The number of carbonyl (C=O) groups is 1. The monoisotopic (exact) mass is 393 g/mol. The Balaban J connectivity index is 1.54. The quantitative estimate of drug-likeness (QED) is 0.497. The van der Waals surface area contributed by atoms with Gasteiger partial charge >= 0.3 is 0 Å². The van der Waals surface area contributed by atoms with E-state index in [0.717, 1.165) is 27.5 Å². The van der Waals surface area contributed by atoms with Gasteiger partial charge in [0.2, 0.25) is 5.91 Å². The molecule has 3 rings (SSSR count). The number of ether oxygens (including phenoxy) is 1. The lowest BCUT2D eigenvalue weighted by Crippen LogP contribution is -2.29. The third-order valence-electron chi connectivity index (χ3n) is 4.52. The Morgan fingerprint density at radius 2 is 1.57 bits per heavy atom. The van der Waals surface area contributed by atoms with Gasteiger partial charge in [0.1, 0.15) is 5.75 Å². The number of aryl methyl sites for hydroxylation is 1. The van der Waals surface area contributed by atoms with Gasteiger partial charge in [-0.1, -0.05) is 72.3 Å². The van der Waals surface area contributed by atoms with Crippen molar-refractivity contribution in [3.63, 3.8) is 0 Å². The van der Waals surface area contributed by atoms with Gasteiger partial charge < -0.3 is 10.1 Å². The van der Waals surface area contributed by atoms with Crippen molar-refractivity contribution in [3.8, 4) is 5.75 Å². The smallest absolute Gasteiger partial charge is 0.220 e. The SMILES string of the molecule is Cc1cc(OCCCC(=O)NC(c2ccccc2)c2ccccc2)ccc1Cl. The molecular formula is C24H24ClNO2. The van der Waals surface area contributed by atoms with Crippen molar-refractivity contribution in [1.82, 2.24) is 5.32 Å². The molecule has 0 fully saturated rings. The number of benzene rings is 3. The minimum atomic E-state index is -0.158. The standard InChI is InChI=1S/C24H24ClNO2/c1-18-17-21(14-15-22(18)25)28-16-8-13-23(27)26-24(19-9-4-2-5-10-19)20-11-6-3-7-12-20/h2-7,9-12,14-15,17,24H,8,13,16H2,1H3,(H,26,27). The molecular weight excluding hydrogens is 370 g/mol. The van der Waals surface area contributed by atoms with Crippen LogP contribution in [0.5, 0.6) is 5.75 Å². The molecule has 28 heavy (non-hydrogen) atoms. The van der Waals surface area contributed by atoms with Crippen LogP contribution in [0.2, 0.25) is 5.02 Å². The van der Waals surface area contributed by atoms with E-state index < -0.39 is 0 Å². The lowest BCUT2D eigenvalue weighted by molar-refractivity contribution is -0.121. The van der Waals surface area contributed by atoms with E-state index in [4.69, 9.17) is 16.3 Å². The predicted molar refractivity (Wildman–Crippen MR) is 114 cm³/mol. The summed E-state index contributed by atoms with van der Waals surface area (Å²) in [6.07, 6.45) is 1.05.